The van der Waals surface area contributed by atoms with Gasteiger partial charge in [0.05, 0.1) is 11.7 Å². The van der Waals surface area contributed by atoms with Gasteiger partial charge in [-0.15, -0.1) is 0 Å². The second-order valence-corrected chi connectivity index (χ2v) is 5.84. The van der Waals surface area contributed by atoms with Gasteiger partial charge in [-0.2, -0.15) is 13.2 Å². The molecule has 114 valence electrons. The lowest BCUT2D eigenvalue weighted by molar-refractivity contribution is -0.138. The number of halogens is 3. The summed E-state index contributed by atoms with van der Waals surface area (Å²) in [6, 6.07) is 2.33. The van der Waals surface area contributed by atoms with Gasteiger partial charge in [-0.05, 0) is 44.4 Å². The lowest BCUT2D eigenvalue weighted by Gasteiger charge is -2.20. The number of carbonyl (C=O) groups excluding carboxylic acids is 1. The Balaban J connectivity index is 2.06. The minimum Gasteiger partial charge on any atom is -0.490 e. The molecule has 0 unspecified atom stereocenters. The Hall–Kier alpha value is -1.72. The van der Waals surface area contributed by atoms with E-state index in [-0.39, 0.29) is 41.5 Å². The first-order chi connectivity index (χ1) is 9.77. The van der Waals surface area contributed by atoms with Crippen LogP contribution in [0.5, 0.6) is 5.75 Å². The third-order valence-corrected chi connectivity index (χ3v) is 3.80. The van der Waals surface area contributed by atoms with Gasteiger partial charge >= 0.3 is 6.18 Å². The zero-order chi connectivity index (χ0) is 15.4. The number of carbonyl (C=O) groups is 1. The van der Waals surface area contributed by atoms with E-state index in [1.54, 1.807) is 13.8 Å². The number of alkyl halides is 3. The Kier molecular flexibility index (Phi) is 3.15. The van der Waals surface area contributed by atoms with Crippen molar-refractivity contribution in [2.75, 3.05) is 0 Å². The average molecular weight is 299 g/mol. The van der Waals surface area contributed by atoms with Gasteiger partial charge in [0.2, 0.25) is 0 Å². The van der Waals surface area contributed by atoms with E-state index in [9.17, 15) is 18.0 Å². The molecule has 1 aromatic carbocycles. The minimum absolute atomic E-state index is 0.00435. The van der Waals surface area contributed by atoms with Crippen molar-refractivity contribution < 1.29 is 22.7 Å². The summed E-state index contributed by atoms with van der Waals surface area (Å²) >= 11 is 0. The number of amides is 1. The molecular weight excluding hydrogens is 283 g/mol. The third kappa shape index (κ3) is 2.59. The molecule has 0 saturated heterocycles. The molecule has 0 aromatic heterocycles. The van der Waals surface area contributed by atoms with E-state index in [1.807, 2.05) is 0 Å². The van der Waals surface area contributed by atoms with E-state index in [4.69, 9.17) is 4.74 Å². The summed E-state index contributed by atoms with van der Waals surface area (Å²) in [4.78, 5) is 13.7. The molecule has 21 heavy (non-hydrogen) atoms. The van der Waals surface area contributed by atoms with E-state index in [0.717, 1.165) is 18.9 Å². The van der Waals surface area contributed by atoms with Crippen molar-refractivity contribution in [3.8, 4) is 5.75 Å². The van der Waals surface area contributed by atoms with Crippen LogP contribution in [0.1, 0.15) is 48.2 Å². The molecule has 0 radical (unpaired) electrons. The van der Waals surface area contributed by atoms with Crippen molar-refractivity contribution in [3.05, 3.63) is 28.8 Å². The van der Waals surface area contributed by atoms with Crippen LogP contribution in [0.25, 0.3) is 0 Å². The monoisotopic (exact) mass is 299 g/mol. The number of hydrogen-bond acceptors (Lipinski definition) is 2. The minimum atomic E-state index is -4.49. The number of fused-ring (bicyclic) bond motifs is 1. The fourth-order valence-corrected chi connectivity index (χ4v) is 2.52. The van der Waals surface area contributed by atoms with Gasteiger partial charge in [-0.25, -0.2) is 0 Å². The average Bonchev–Trinajstić information content (AvgIpc) is 3.11. The van der Waals surface area contributed by atoms with Crippen LogP contribution in [0.15, 0.2) is 12.1 Å². The summed E-state index contributed by atoms with van der Waals surface area (Å²) in [7, 11) is 0. The maximum atomic E-state index is 13.2. The van der Waals surface area contributed by atoms with E-state index >= 15 is 0 Å². The molecule has 3 rings (SSSR count). The van der Waals surface area contributed by atoms with Gasteiger partial charge < -0.3 is 9.64 Å². The second kappa shape index (κ2) is 4.64. The van der Waals surface area contributed by atoms with Crippen molar-refractivity contribution in [2.24, 2.45) is 0 Å². The van der Waals surface area contributed by atoms with Crippen LogP contribution >= 0.6 is 0 Å². The maximum Gasteiger partial charge on any atom is 0.416 e. The Labute approximate surface area is 120 Å². The molecule has 0 bridgehead atoms. The van der Waals surface area contributed by atoms with Crippen LogP contribution in [0, 0.1) is 0 Å². The number of benzene rings is 1. The number of hydrogen-bond donors (Lipinski definition) is 0. The lowest BCUT2D eigenvalue weighted by Crippen LogP contribution is -2.30. The van der Waals surface area contributed by atoms with Crippen LogP contribution in [0.4, 0.5) is 13.2 Å². The van der Waals surface area contributed by atoms with Crippen LogP contribution in [0.3, 0.4) is 0 Å². The van der Waals surface area contributed by atoms with Crippen molar-refractivity contribution >= 4 is 5.91 Å². The summed E-state index contributed by atoms with van der Waals surface area (Å²) < 4.78 is 45.2. The highest BCUT2D eigenvalue weighted by atomic mass is 19.4. The highest BCUT2D eigenvalue weighted by Gasteiger charge is 2.41. The van der Waals surface area contributed by atoms with Crippen LogP contribution in [-0.4, -0.2) is 23.0 Å². The Bertz CT molecular complexity index is 591. The molecule has 1 fully saturated rings. The fourth-order valence-electron chi connectivity index (χ4n) is 2.52. The molecule has 6 heteroatoms. The zero-order valence-corrected chi connectivity index (χ0v) is 11.8. The van der Waals surface area contributed by atoms with Gasteiger partial charge in [0, 0.05) is 18.2 Å². The molecule has 1 amide bonds. The second-order valence-electron chi connectivity index (χ2n) is 5.84. The predicted molar refractivity (Wildman–Crippen MR) is 70.1 cm³/mol. The molecular formula is C15H16F3NO2. The Morgan fingerprint density at radius 3 is 2.48 bits per heavy atom. The van der Waals surface area contributed by atoms with E-state index in [0.29, 0.717) is 0 Å². The molecule has 1 saturated carbocycles. The smallest absolute Gasteiger partial charge is 0.416 e. The van der Waals surface area contributed by atoms with Crippen LogP contribution in [0.2, 0.25) is 0 Å². The molecule has 2 aliphatic rings. The van der Waals surface area contributed by atoms with Crippen molar-refractivity contribution in [1.82, 2.24) is 4.90 Å². The highest BCUT2D eigenvalue weighted by Crippen LogP contribution is 2.41. The Morgan fingerprint density at radius 2 is 1.95 bits per heavy atom. The standard InChI is InChI=1S/C15H16F3NO2/c1-8(2)19-7-12-11(14(19)20)5-10(21-9-3-4-9)6-13(12)15(16,17)18/h5-6,8-9H,3-4,7H2,1-2H3. The van der Waals surface area contributed by atoms with E-state index < -0.39 is 11.7 Å². The first kappa shape index (κ1) is 14.2. The van der Waals surface area contributed by atoms with Gasteiger partial charge in [0.25, 0.3) is 5.91 Å². The molecule has 1 aromatic rings. The highest BCUT2D eigenvalue weighted by molar-refractivity contribution is 5.99. The number of rotatable bonds is 3. The third-order valence-electron chi connectivity index (χ3n) is 3.80. The van der Waals surface area contributed by atoms with Crippen molar-refractivity contribution in [1.29, 1.82) is 0 Å². The van der Waals surface area contributed by atoms with Crippen molar-refractivity contribution in [2.45, 2.75) is 51.6 Å². The lowest BCUT2D eigenvalue weighted by atomic mass is 10.0. The first-order valence-corrected chi connectivity index (χ1v) is 6.99. The summed E-state index contributed by atoms with van der Waals surface area (Å²) in [5, 5.41) is 0. The molecule has 1 heterocycles. The molecule has 1 aliphatic carbocycles. The molecule has 1 aliphatic heterocycles. The summed E-state index contributed by atoms with van der Waals surface area (Å²) in [5.41, 5.74) is -0.578. The zero-order valence-electron chi connectivity index (χ0n) is 11.8. The summed E-state index contributed by atoms with van der Waals surface area (Å²) in [6.45, 7) is 3.59. The predicted octanol–water partition coefficient (Wildman–Crippen LogP) is 3.61. The number of ether oxygens (including phenoxy) is 1. The van der Waals surface area contributed by atoms with Crippen molar-refractivity contribution in [3.63, 3.8) is 0 Å². The maximum absolute atomic E-state index is 13.2. The molecule has 0 atom stereocenters. The van der Waals surface area contributed by atoms with Gasteiger partial charge in [-0.1, -0.05) is 0 Å². The summed E-state index contributed by atoms with van der Waals surface area (Å²) in [6.07, 6.45) is -2.79. The topological polar surface area (TPSA) is 29.5 Å². The molecule has 0 N–H and O–H groups in total. The van der Waals surface area contributed by atoms with E-state index in [1.165, 1.54) is 11.0 Å². The quantitative estimate of drug-likeness (QED) is 0.853. The molecule has 3 nitrogen and oxygen atoms in total. The van der Waals surface area contributed by atoms with Gasteiger partial charge in [-0.3, -0.25) is 4.79 Å². The first-order valence-electron chi connectivity index (χ1n) is 6.99. The fraction of sp³-hybridized carbons (Fsp3) is 0.533. The van der Waals surface area contributed by atoms with Crippen LogP contribution in [-0.2, 0) is 12.7 Å². The van der Waals surface area contributed by atoms with Crippen LogP contribution < -0.4 is 4.74 Å². The van der Waals surface area contributed by atoms with Gasteiger partial charge in [0.1, 0.15) is 5.75 Å². The largest absolute Gasteiger partial charge is 0.490 e. The van der Waals surface area contributed by atoms with Gasteiger partial charge in [0.15, 0.2) is 0 Å². The SMILES string of the molecule is CC(C)N1Cc2c(cc(OC3CC3)cc2C(F)(F)F)C1=O. The summed E-state index contributed by atoms with van der Waals surface area (Å²) in [5.74, 6) is -0.214. The molecule has 0 spiro atoms. The normalized spacial score (nSPS) is 18.4. The Morgan fingerprint density at radius 1 is 1.29 bits per heavy atom. The number of nitrogens with zero attached hydrogens (tertiary/aromatic N) is 1. The van der Waals surface area contributed by atoms with E-state index in [2.05, 4.69) is 0 Å².